The maximum absolute atomic E-state index is 9.16. The van der Waals surface area contributed by atoms with Crippen LogP contribution in [0.15, 0.2) is 54.6 Å². The van der Waals surface area contributed by atoms with Crippen LogP contribution in [0.1, 0.15) is 17.5 Å². The van der Waals surface area contributed by atoms with Gasteiger partial charge in [0.25, 0.3) is 0 Å². The molecular weight excluding hydrogens is 224 g/mol. The lowest BCUT2D eigenvalue weighted by Gasteiger charge is -1.98. The first kappa shape index (κ1) is 12.2. The summed E-state index contributed by atoms with van der Waals surface area (Å²) in [5.74, 6) is 0.592. The Balaban J connectivity index is 1.84. The first-order valence-electron chi connectivity index (χ1n) is 5.97. The van der Waals surface area contributed by atoms with Crippen LogP contribution in [0.3, 0.4) is 0 Å². The number of benzene rings is 2. The van der Waals surface area contributed by atoms with Crippen molar-refractivity contribution in [3.8, 4) is 11.5 Å². The zero-order valence-corrected chi connectivity index (χ0v) is 10.1. The van der Waals surface area contributed by atoms with Crippen LogP contribution in [0.4, 0.5) is 0 Å². The third kappa shape index (κ3) is 3.67. The fourth-order valence-corrected chi connectivity index (χ4v) is 1.72. The van der Waals surface area contributed by atoms with Crippen LogP contribution in [-0.4, -0.2) is 10.2 Å². The summed E-state index contributed by atoms with van der Waals surface area (Å²) in [6.45, 7) is 0. The van der Waals surface area contributed by atoms with Crippen molar-refractivity contribution in [1.29, 1.82) is 0 Å². The maximum atomic E-state index is 9.16. The minimum atomic E-state index is 0.288. The molecule has 0 saturated heterocycles. The Hall–Kier alpha value is -2.22. The van der Waals surface area contributed by atoms with Crippen LogP contribution in [0.25, 0.3) is 6.08 Å². The molecule has 0 fully saturated rings. The molecule has 0 amide bonds. The highest BCUT2D eigenvalue weighted by Gasteiger charge is 1.92. The highest BCUT2D eigenvalue weighted by Crippen LogP contribution is 2.13. The van der Waals surface area contributed by atoms with Gasteiger partial charge in [-0.1, -0.05) is 36.4 Å². The molecule has 18 heavy (non-hydrogen) atoms. The first-order valence-corrected chi connectivity index (χ1v) is 5.97. The van der Waals surface area contributed by atoms with Crippen molar-refractivity contribution in [1.82, 2.24) is 0 Å². The zero-order valence-electron chi connectivity index (χ0n) is 10.1. The molecule has 0 bridgehead atoms. The van der Waals surface area contributed by atoms with Crippen LogP contribution < -0.4 is 0 Å². The molecule has 0 aliphatic rings. The van der Waals surface area contributed by atoms with Crippen molar-refractivity contribution < 1.29 is 10.2 Å². The van der Waals surface area contributed by atoms with Gasteiger partial charge in [-0.2, -0.15) is 0 Å². The van der Waals surface area contributed by atoms with Crippen LogP contribution >= 0.6 is 0 Å². The quantitative estimate of drug-likeness (QED) is 0.854. The topological polar surface area (TPSA) is 40.5 Å². The summed E-state index contributed by atoms with van der Waals surface area (Å²) < 4.78 is 0. The van der Waals surface area contributed by atoms with Crippen LogP contribution in [0.2, 0.25) is 0 Å². The second-order valence-corrected chi connectivity index (χ2v) is 4.20. The fraction of sp³-hybridized carbons (Fsp3) is 0.125. The SMILES string of the molecule is Oc1ccc(C=CCCc2ccc(O)cc2)cc1. The molecule has 2 heteroatoms. The second kappa shape index (κ2) is 5.92. The molecule has 2 rings (SSSR count). The average molecular weight is 240 g/mol. The van der Waals surface area contributed by atoms with E-state index in [0.29, 0.717) is 5.75 Å². The van der Waals surface area contributed by atoms with Gasteiger partial charge in [-0.3, -0.25) is 0 Å². The van der Waals surface area contributed by atoms with Crippen molar-refractivity contribution in [2.24, 2.45) is 0 Å². The molecule has 2 nitrogen and oxygen atoms in total. The van der Waals surface area contributed by atoms with E-state index >= 15 is 0 Å². The van der Waals surface area contributed by atoms with Gasteiger partial charge in [0, 0.05) is 0 Å². The van der Waals surface area contributed by atoms with E-state index in [1.54, 1.807) is 24.3 Å². The van der Waals surface area contributed by atoms with Gasteiger partial charge in [0.05, 0.1) is 0 Å². The summed E-state index contributed by atoms with van der Waals surface area (Å²) in [4.78, 5) is 0. The molecular formula is C16H16O2. The summed E-state index contributed by atoms with van der Waals surface area (Å²) in [6.07, 6.45) is 6.06. The lowest BCUT2D eigenvalue weighted by Crippen LogP contribution is -1.81. The van der Waals surface area contributed by atoms with Gasteiger partial charge in [0.2, 0.25) is 0 Å². The van der Waals surface area contributed by atoms with Crippen molar-refractivity contribution in [2.75, 3.05) is 0 Å². The van der Waals surface area contributed by atoms with Crippen LogP contribution in [0, 0.1) is 0 Å². The fourth-order valence-electron chi connectivity index (χ4n) is 1.72. The number of aryl methyl sites for hydroxylation is 1. The Kier molecular flexibility index (Phi) is 4.02. The third-order valence-corrected chi connectivity index (χ3v) is 2.74. The van der Waals surface area contributed by atoms with E-state index in [9.17, 15) is 0 Å². The number of hydrogen-bond donors (Lipinski definition) is 2. The smallest absolute Gasteiger partial charge is 0.115 e. The number of phenolic OH excluding ortho intramolecular Hbond substituents is 2. The highest BCUT2D eigenvalue weighted by atomic mass is 16.3. The second-order valence-electron chi connectivity index (χ2n) is 4.20. The standard InChI is InChI=1S/C16H16O2/c17-15-9-5-13(6-10-15)3-1-2-4-14-7-11-16(18)12-8-14/h1,3,5-12,17-18H,2,4H2. The predicted octanol–water partition coefficient (Wildman–Crippen LogP) is 3.74. The molecule has 0 spiro atoms. The summed E-state index contributed by atoms with van der Waals surface area (Å²) in [5.41, 5.74) is 2.29. The molecule has 0 heterocycles. The van der Waals surface area contributed by atoms with E-state index in [4.69, 9.17) is 10.2 Å². The van der Waals surface area contributed by atoms with Gasteiger partial charge >= 0.3 is 0 Å². The van der Waals surface area contributed by atoms with Gasteiger partial charge in [0.1, 0.15) is 11.5 Å². The largest absolute Gasteiger partial charge is 0.508 e. The number of allylic oxidation sites excluding steroid dienone is 1. The molecule has 92 valence electrons. The molecule has 0 unspecified atom stereocenters. The number of phenols is 2. The lowest BCUT2D eigenvalue weighted by molar-refractivity contribution is 0.474. The molecule has 0 aliphatic heterocycles. The number of hydrogen-bond acceptors (Lipinski definition) is 2. The van der Waals surface area contributed by atoms with Gasteiger partial charge < -0.3 is 10.2 Å². The Morgan fingerprint density at radius 3 is 1.94 bits per heavy atom. The Labute approximate surface area is 107 Å². The van der Waals surface area contributed by atoms with E-state index in [2.05, 4.69) is 6.08 Å². The Morgan fingerprint density at radius 2 is 1.33 bits per heavy atom. The van der Waals surface area contributed by atoms with Crippen molar-refractivity contribution in [2.45, 2.75) is 12.8 Å². The monoisotopic (exact) mass is 240 g/mol. The van der Waals surface area contributed by atoms with Crippen molar-refractivity contribution >= 4 is 6.08 Å². The van der Waals surface area contributed by atoms with Crippen molar-refractivity contribution in [3.63, 3.8) is 0 Å². The van der Waals surface area contributed by atoms with Crippen molar-refractivity contribution in [3.05, 3.63) is 65.7 Å². The van der Waals surface area contributed by atoms with E-state index in [-0.39, 0.29) is 5.75 Å². The summed E-state index contributed by atoms with van der Waals surface area (Å²) >= 11 is 0. The van der Waals surface area contributed by atoms with Gasteiger partial charge in [0.15, 0.2) is 0 Å². The lowest BCUT2D eigenvalue weighted by atomic mass is 10.1. The molecule has 0 aromatic heterocycles. The first-order chi connectivity index (χ1) is 8.74. The number of aromatic hydroxyl groups is 2. The van der Waals surface area contributed by atoms with E-state index in [0.717, 1.165) is 18.4 Å². The molecule has 0 radical (unpaired) electrons. The molecule has 0 atom stereocenters. The minimum absolute atomic E-state index is 0.288. The summed E-state index contributed by atoms with van der Waals surface area (Å²) in [5, 5.41) is 18.3. The normalized spacial score (nSPS) is 10.9. The van der Waals surface area contributed by atoms with Gasteiger partial charge in [-0.25, -0.2) is 0 Å². The molecule has 2 aromatic rings. The molecule has 2 N–H and O–H groups in total. The van der Waals surface area contributed by atoms with E-state index in [1.807, 2.05) is 30.3 Å². The Morgan fingerprint density at radius 1 is 0.778 bits per heavy atom. The van der Waals surface area contributed by atoms with Crippen LogP contribution in [-0.2, 0) is 6.42 Å². The third-order valence-electron chi connectivity index (χ3n) is 2.74. The van der Waals surface area contributed by atoms with Crippen LogP contribution in [0.5, 0.6) is 11.5 Å². The summed E-state index contributed by atoms with van der Waals surface area (Å²) in [6, 6.07) is 14.4. The maximum Gasteiger partial charge on any atom is 0.115 e. The zero-order chi connectivity index (χ0) is 12.8. The predicted molar refractivity (Wildman–Crippen MR) is 73.6 cm³/mol. The molecule has 0 saturated carbocycles. The van der Waals surface area contributed by atoms with E-state index < -0.39 is 0 Å². The minimum Gasteiger partial charge on any atom is -0.508 e. The van der Waals surface area contributed by atoms with Gasteiger partial charge in [-0.05, 0) is 48.2 Å². The Bertz CT molecular complexity index is 510. The van der Waals surface area contributed by atoms with Gasteiger partial charge in [-0.15, -0.1) is 0 Å². The average Bonchev–Trinajstić information content (AvgIpc) is 2.39. The summed E-state index contributed by atoms with van der Waals surface area (Å²) in [7, 11) is 0. The number of rotatable bonds is 4. The molecule has 0 aliphatic carbocycles. The van der Waals surface area contributed by atoms with E-state index in [1.165, 1.54) is 5.56 Å². The molecule has 2 aromatic carbocycles. The highest BCUT2D eigenvalue weighted by molar-refractivity contribution is 5.50.